The maximum Gasteiger partial charge on any atom is -0.00474 e. The Labute approximate surface area is 71.2 Å². The van der Waals surface area contributed by atoms with Gasteiger partial charge in [-0.25, -0.2) is 0 Å². The van der Waals surface area contributed by atoms with Crippen molar-refractivity contribution in [2.24, 2.45) is 0 Å². The Morgan fingerprint density at radius 2 is 1.10 bits per heavy atom. The van der Waals surface area contributed by atoms with Crippen molar-refractivity contribution in [3.63, 3.8) is 0 Å². The monoisotopic (exact) mass is 163 g/mol. The summed E-state index contributed by atoms with van der Waals surface area (Å²) in [6.45, 7) is 12.1. The molecular formula is C8H21NS. The quantitative estimate of drug-likeness (QED) is 0.625. The van der Waals surface area contributed by atoms with Gasteiger partial charge in [0, 0.05) is 0 Å². The predicted molar refractivity (Wildman–Crippen MR) is 53.0 cm³/mol. The summed E-state index contributed by atoms with van der Waals surface area (Å²) in [7, 11) is 0. The summed E-state index contributed by atoms with van der Waals surface area (Å²) in [6.07, 6.45) is 0. The van der Waals surface area contributed by atoms with Gasteiger partial charge < -0.3 is 4.90 Å². The molecule has 0 aliphatic rings. The normalized spacial score (nSPS) is 9.00. The molecule has 0 aliphatic heterocycles. The molecular weight excluding hydrogens is 142 g/mol. The Morgan fingerprint density at radius 3 is 1.10 bits per heavy atom. The van der Waals surface area contributed by atoms with Gasteiger partial charge in [-0.2, -0.15) is 12.6 Å². The van der Waals surface area contributed by atoms with Crippen LogP contribution in [-0.4, -0.2) is 30.3 Å². The van der Waals surface area contributed by atoms with E-state index in [9.17, 15) is 0 Å². The first kappa shape index (κ1) is 12.9. The highest BCUT2D eigenvalue weighted by molar-refractivity contribution is 7.80. The van der Waals surface area contributed by atoms with Crippen LogP contribution in [-0.2, 0) is 0 Å². The average Bonchev–Trinajstić information content (AvgIpc) is 1.93. The van der Waals surface area contributed by atoms with Gasteiger partial charge >= 0.3 is 0 Å². The van der Waals surface area contributed by atoms with E-state index in [1.165, 1.54) is 19.6 Å². The highest BCUT2D eigenvalue weighted by Crippen LogP contribution is 1.81. The number of rotatable bonds is 3. The van der Waals surface area contributed by atoms with Crippen molar-refractivity contribution < 1.29 is 0 Å². The fourth-order valence-electron chi connectivity index (χ4n) is 0.671. The zero-order valence-electron chi connectivity index (χ0n) is 7.72. The van der Waals surface area contributed by atoms with Gasteiger partial charge in [0.1, 0.15) is 0 Å². The molecule has 0 heterocycles. The van der Waals surface area contributed by atoms with Gasteiger partial charge in [-0.15, -0.1) is 0 Å². The fraction of sp³-hybridized carbons (Fsp3) is 1.00. The van der Waals surface area contributed by atoms with Crippen LogP contribution < -0.4 is 0 Å². The molecule has 0 rings (SSSR count). The highest BCUT2D eigenvalue weighted by Gasteiger charge is 1.89. The van der Waals surface area contributed by atoms with E-state index in [-0.39, 0.29) is 0 Å². The summed E-state index contributed by atoms with van der Waals surface area (Å²) >= 11 is 3.79. The molecule has 0 bridgehead atoms. The third kappa shape index (κ3) is 11.2. The minimum atomic E-state index is 0.944. The third-order valence-corrected chi connectivity index (χ3v) is 1.34. The Bertz CT molecular complexity index is 39.0. The van der Waals surface area contributed by atoms with Crippen LogP contribution in [0.5, 0.6) is 0 Å². The van der Waals surface area contributed by atoms with E-state index in [1.807, 2.05) is 6.92 Å². The van der Waals surface area contributed by atoms with Gasteiger partial charge in [0.25, 0.3) is 0 Å². The van der Waals surface area contributed by atoms with Gasteiger partial charge in [-0.1, -0.05) is 27.7 Å². The highest BCUT2D eigenvalue weighted by atomic mass is 32.1. The molecule has 0 saturated carbocycles. The number of hydrogen-bond donors (Lipinski definition) is 1. The number of hydrogen-bond acceptors (Lipinski definition) is 2. The van der Waals surface area contributed by atoms with Gasteiger partial charge in [0.2, 0.25) is 0 Å². The molecule has 64 valence electrons. The molecule has 0 saturated heterocycles. The van der Waals surface area contributed by atoms with E-state index >= 15 is 0 Å². The van der Waals surface area contributed by atoms with Gasteiger partial charge in [-0.3, -0.25) is 0 Å². The van der Waals surface area contributed by atoms with Crippen molar-refractivity contribution in [3.8, 4) is 0 Å². The standard InChI is InChI=1S/C6H15N.C2H6S/c1-4-7(5-2)6-3;1-2-3/h4-6H2,1-3H3;3H,2H2,1H3. The van der Waals surface area contributed by atoms with E-state index in [0.29, 0.717) is 0 Å². The molecule has 0 aromatic rings. The molecule has 0 aromatic carbocycles. The van der Waals surface area contributed by atoms with Crippen LogP contribution in [0.15, 0.2) is 0 Å². The van der Waals surface area contributed by atoms with Gasteiger partial charge in [-0.05, 0) is 25.4 Å². The van der Waals surface area contributed by atoms with Crippen molar-refractivity contribution in [3.05, 3.63) is 0 Å². The van der Waals surface area contributed by atoms with E-state index in [2.05, 4.69) is 38.3 Å². The van der Waals surface area contributed by atoms with E-state index in [4.69, 9.17) is 0 Å². The number of nitrogens with zero attached hydrogens (tertiary/aromatic N) is 1. The van der Waals surface area contributed by atoms with Crippen LogP contribution in [0, 0.1) is 0 Å². The smallest absolute Gasteiger partial charge is 0.00474 e. The Balaban J connectivity index is 0. The summed E-state index contributed by atoms with van der Waals surface area (Å²) in [6, 6.07) is 0. The minimum Gasteiger partial charge on any atom is -0.304 e. The molecule has 0 unspecified atom stereocenters. The van der Waals surface area contributed by atoms with Gasteiger partial charge in [0.15, 0.2) is 0 Å². The lowest BCUT2D eigenvalue weighted by atomic mass is 10.5. The Morgan fingerprint density at radius 1 is 0.900 bits per heavy atom. The van der Waals surface area contributed by atoms with Crippen molar-refractivity contribution in [2.75, 3.05) is 25.4 Å². The zero-order chi connectivity index (χ0) is 8.41. The van der Waals surface area contributed by atoms with Crippen molar-refractivity contribution in [1.82, 2.24) is 4.90 Å². The summed E-state index contributed by atoms with van der Waals surface area (Å²) in [5.41, 5.74) is 0. The van der Waals surface area contributed by atoms with Crippen molar-refractivity contribution in [2.45, 2.75) is 27.7 Å². The molecule has 0 atom stereocenters. The van der Waals surface area contributed by atoms with Crippen LogP contribution >= 0.6 is 12.6 Å². The Kier molecular flexibility index (Phi) is 15.6. The lowest BCUT2D eigenvalue weighted by molar-refractivity contribution is 0.321. The first-order valence-electron chi connectivity index (χ1n) is 4.09. The van der Waals surface area contributed by atoms with E-state index in [0.717, 1.165) is 5.75 Å². The molecule has 0 aliphatic carbocycles. The molecule has 0 amide bonds. The third-order valence-electron chi connectivity index (χ3n) is 1.34. The van der Waals surface area contributed by atoms with Crippen LogP contribution in [0.2, 0.25) is 0 Å². The van der Waals surface area contributed by atoms with Crippen LogP contribution in [0.4, 0.5) is 0 Å². The maximum absolute atomic E-state index is 3.79. The van der Waals surface area contributed by atoms with Crippen LogP contribution in [0.1, 0.15) is 27.7 Å². The molecule has 0 radical (unpaired) electrons. The average molecular weight is 163 g/mol. The molecule has 1 nitrogen and oxygen atoms in total. The van der Waals surface area contributed by atoms with E-state index < -0.39 is 0 Å². The molecule has 10 heavy (non-hydrogen) atoms. The summed E-state index contributed by atoms with van der Waals surface area (Å²) in [5.74, 6) is 0.944. The summed E-state index contributed by atoms with van der Waals surface area (Å²) < 4.78 is 0. The second-order valence-electron chi connectivity index (χ2n) is 1.94. The zero-order valence-corrected chi connectivity index (χ0v) is 8.62. The molecule has 2 heteroatoms. The molecule has 0 N–H and O–H groups in total. The minimum absolute atomic E-state index is 0.944. The van der Waals surface area contributed by atoms with Gasteiger partial charge in [0.05, 0.1) is 0 Å². The first-order valence-corrected chi connectivity index (χ1v) is 4.73. The molecule has 0 spiro atoms. The first-order chi connectivity index (χ1) is 4.76. The fourth-order valence-corrected chi connectivity index (χ4v) is 0.671. The lowest BCUT2D eigenvalue weighted by Crippen LogP contribution is -2.21. The second kappa shape index (κ2) is 12.0. The van der Waals surface area contributed by atoms with Crippen LogP contribution in [0.25, 0.3) is 0 Å². The Hall–Kier alpha value is 0.310. The number of thiol groups is 1. The predicted octanol–water partition coefficient (Wildman–Crippen LogP) is 2.28. The van der Waals surface area contributed by atoms with Crippen molar-refractivity contribution in [1.29, 1.82) is 0 Å². The van der Waals surface area contributed by atoms with E-state index in [1.54, 1.807) is 0 Å². The largest absolute Gasteiger partial charge is 0.304 e. The van der Waals surface area contributed by atoms with Crippen LogP contribution in [0.3, 0.4) is 0 Å². The molecule has 0 fully saturated rings. The topological polar surface area (TPSA) is 3.24 Å². The SMILES string of the molecule is CCN(CC)CC.CCS. The van der Waals surface area contributed by atoms with Crippen molar-refractivity contribution >= 4 is 12.6 Å². The second-order valence-corrected chi connectivity index (χ2v) is 2.57. The maximum atomic E-state index is 3.79. The lowest BCUT2D eigenvalue weighted by Gasteiger charge is -2.13. The summed E-state index contributed by atoms with van der Waals surface area (Å²) in [5, 5.41) is 0. The summed E-state index contributed by atoms with van der Waals surface area (Å²) in [4.78, 5) is 2.38. The molecule has 0 aromatic heterocycles.